The van der Waals surface area contributed by atoms with Gasteiger partial charge in [0.25, 0.3) is 11.5 Å². The molecule has 2 aromatic carbocycles. The van der Waals surface area contributed by atoms with Gasteiger partial charge in [-0.2, -0.15) is 0 Å². The highest BCUT2D eigenvalue weighted by molar-refractivity contribution is 9.10. The smallest absolute Gasteiger partial charge is 0.277 e. The lowest BCUT2D eigenvalue weighted by Gasteiger charge is -2.08. The largest absolute Gasteiger partial charge is 0.493 e. The molecule has 150 valence electrons. The van der Waals surface area contributed by atoms with Crippen LogP contribution in [0.1, 0.15) is 5.56 Å². The summed E-state index contributed by atoms with van der Waals surface area (Å²) in [7, 11) is 3.08. The number of hydrogen-bond acceptors (Lipinski definition) is 7. The zero-order valence-electron chi connectivity index (χ0n) is 15.7. The molecule has 1 aliphatic heterocycles. The van der Waals surface area contributed by atoms with Crippen molar-refractivity contribution in [3.63, 3.8) is 0 Å². The van der Waals surface area contributed by atoms with Crippen molar-refractivity contribution < 1.29 is 14.3 Å². The van der Waals surface area contributed by atoms with Crippen LogP contribution in [0.5, 0.6) is 11.5 Å². The molecule has 8 nitrogen and oxygen atoms in total. The van der Waals surface area contributed by atoms with Gasteiger partial charge >= 0.3 is 0 Å². The minimum atomic E-state index is -0.345. The molecule has 1 N–H and O–H groups in total. The Kier molecular flexibility index (Phi) is 4.33. The van der Waals surface area contributed by atoms with E-state index in [1.165, 1.54) is 11.5 Å². The number of nitrogens with zero attached hydrogens (tertiary/aromatic N) is 3. The van der Waals surface area contributed by atoms with Gasteiger partial charge in [-0.3, -0.25) is 9.59 Å². The number of hydrogen-bond donors (Lipinski definition) is 1. The summed E-state index contributed by atoms with van der Waals surface area (Å²) in [5.41, 5.74) is 1.98. The first kappa shape index (κ1) is 18.8. The van der Waals surface area contributed by atoms with E-state index in [9.17, 15) is 9.59 Å². The van der Waals surface area contributed by atoms with Crippen molar-refractivity contribution in [1.82, 2.24) is 14.6 Å². The van der Waals surface area contributed by atoms with Crippen LogP contribution in [-0.2, 0) is 4.79 Å². The quantitative estimate of drug-likeness (QED) is 0.479. The van der Waals surface area contributed by atoms with Crippen LogP contribution in [-0.4, -0.2) is 34.7 Å². The lowest BCUT2D eigenvalue weighted by Crippen LogP contribution is -2.28. The average Bonchev–Trinajstić information content (AvgIpc) is 3.39. The number of aromatic nitrogens is 3. The van der Waals surface area contributed by atoms with E-state index in [0.717, 1.165) is 15.8 Å². The van der Waals surface area contributed by atoms with Crippen LogP contribution in [0.2, 0.25) is 0 Å². The molecular weight excluding hydrogens is 472 g/mol. The average molecular weight is 485 g/mol. The van der Waals surface area contributed by atoms with Gasteiger partial charge in [-0.15, -0.1) is 10.2 Å². The molecule has 1 amide bonds. The number of rotatable bonds is 3. The normalized spacial score (nSPS) is 14.7. The van der Waals surface area contributed by atoms with E-state index < -0.39 is 0 Å². The van der Waals surface area contributed by atoms with Crippen molar-refractivity contribution in [2.75, 3.05) is 19.5 Å². The van der Waals surface area contributed by atoms with Gasteiger partial charge in [0, 0.05) is 21.3 Å². The maximum Gasteiger partial charge on any atom is 0.277 e. The predicted molar refractivity (Wildman–Crippen MR) is 116 cm³/mol. The van der Waals surface area contributed by atoms with Gasteiger partial charge in [0.15, 0.2) is 17.3 Å². The van der Waals surface area contributed by atoms with Crippen molar-refractivity contribution in [3.8, 4) is 22.9 Å². The van der Waals surface area contributed by atoms with Gasteiger partial charge in [0.2, 0.25) is 4.96 Å². The van der Waals surface area contributed by atoms with E-state index in [2.05, 4.69) is 31.4 Å². The first-order valence-corrected chi connectivity index (χ1v) is 10.4. The van der Waals surface area contributed by atoms with E-state index >= 15 is 0 Å². The molecule has 0 unspecified atom stereocenters. The molecule has 0 radical (unpaired) electrons. The maximum atomic E-state index is 13.3. The van der Waals surface area contributed by atoms with Crippen LogP contribution in [0.4, 0.5) is 5.69 Å². The molecule has 0 bridgehead atoms. The molecule has 4 aromatic rings. The molecule has 3 heterocycles. The number of benzene rings is 2. The van der Waals surface area contributed by atoms with Crippen LogP contribution >= 0.6 is 27.3 Å². The van der Waals surface area contributed by atoms with E-state index in [0.29, 0.717) is 49.2 Å². The molecule has 0 spiro atoms. The number of halogens is 1. The predicted octanol–water partition coefficient (Wildman–Crippen LogP) is 2.47. The third kappa shape index (κ3) is 2.71. The molecule has 5 rings (SSSR count). The first-order chi connectivity index (χ1) is 14.5. The number of ether oxygens (including phenoxy) is 2. The summed E-state index contributed by atoms with van der Waals surface area (Å²) in [6.45, 7) is 0. The van der Waals surface area contributed by atoms with Gasteiger partial charge < -0.3 is 14.8 Å². The monoisotopic (exact) mass is 484 g/mol. The molecule has 0 saturated carbocycles. The highest BCUT2D eigenvalue weighted by atomic mass is 79.9. The topological polar surface area (TPSA) is 94.8 Å². The number of carbonyl (C=O) groups is 1. The Balaban J connectivity index is 1.77. The number of methoxy groups -OCH3 is 2. The summed E-state index contributed by atoms with van der Waals surface area (Å²) >= 11 is 4.56. The third-order valence-electron chi connectivity index (χ3n) is 4.82. The van der Waals surface area contributed by atoms with Gasteiger partial charge in [0.1, 0.15) is 4.53 Å². The molecule has 0 aliphatic carbocycles. The fourth-order valence-corrected chi connectivity index (χ4v) is 4.81. The molecule has 30 heavy (non-hydrogen) atoms. The standard InChI is InChI=1S/C20H13BrN4O4S/c1-28-13-6-3-9(7-14(13)29-2)17-23-24-20-25(17)19(27)16(30-20)15-11-8-10(21)4-5-12(11)22-18(15)26/h3-8H,1-2H3,(H,22,26). The van der Waals surface area contributed by atoms with Gasteiger partial charge in [-0.25, -0.2) is 4.40 Å². The number of thiazole rings is 1. The molecular formula is C20H13BrN4O4S. The number of carbonyl (C=O) groups excluding carboxylic acids is 1. The van der Waals surface area contributed by atoms with Crippen molar-refractivity contribution in [2.45, 2.75) is 0 Å². The maximum absolute atomic E-state index is 13.3. The van der Waals surface area contributed by atoms with Gasteiger partial charge in [-0.05, 0) is 36.4 Å². The van der Waals surface area contributed by atoms with Crippen molar-refractivity contribution in [2.24, 2.45) is 0 Å². The third-order valence-corrected chi connectivity index (χ3v) is 6.34. The molecule has 1 aliphatic rings. The Bertz CT molecular complexity index is 1460. The number of anilines is 1. The molecule has 0 atom stereocenters. The number of fused-ring (bicyclic) bond motifs is 2. The Morgan fingerprint density at radius 3 is 2.60 bits per heavy atom. The summed E-state index contributed by atoms with van der Waals surface area (Å²) in [4.78, 5) is 26.4. The zero-order valence-corrected chi connectivity index (χ0v) is 18.1. The second kappa shape index (κ2) is 6.92. The summed E-state index contributed by atoms with van der Waals surface area (Å²) in [5, 5.41) is 11.1. The molecule has 0 saturated heterocycles. The summed E-state index contributed by atoms with van der Waals surface area (Å²) in [5.74, 6) is 1.13. The van der Waals surface area contributed by atoms with Crippen molar-refractivity contribution in [3.05, 3.63) is 61.3 Å². The number of amides is 1. The van der Waals surface area contributed by atoms with E-state index in [-0.39, 0.29) is 11.5 Å². The second-order valence-electron chi connectivity index (χ2n) is 6.47. The highest BCUT2D eigenvalue weighted by Gasteiger charge is 2.28. The number of nitrogens with one attached hydrogen (secondary N) is 1. The lowest BCUT2D eigenvalue weighted by atomic mass is 10.1. The lowest BCUT2D eigenvalue weighted by molar-refractivity contribution is -0.110. The zero-order chi connectivity index (χ0) is 21.0. The minimum absolute atomic E-state index is 0.315. The summed E-state index contributed by atoms with van der Waals surface area (Å²) in [6.07, 6.45) is 0. The van der Waals surface area contributed by atoms with Crippen molar-refractivity contribution >= 4 is 49.4 Å². The highest BCUT2D eigenvalue weighted by Crippen LogP contribution is 2.33. The fourth-order valence-electron chi connectivity index (χ4n) is 3.44. The molecule has 0 fully saturated rings. The van der Waals surface area contributed by atoms with E-state index in [4.69, 9.17) is 9.47 Å². The van der Waals surface area contributed by atoms with Crippen molar-refractivity contribution in [1.29, 1.82) is 0 Å². The Morgan fingerprint density at radius 1 is 1.03 bits per heavy atom. The second-order valence-corrected chi connectivity index (χ2v) is 8.36. The first-order valence-electron chi connectivity index (χ1n) is 8.77. The van der Waals surface area contributed by atoms with Crippen LogP contribution in [0.15, 0.2) is 45.7 Å². The molecule has 10 heteroatoms. The fraction of sp³-hybridized carbons (Fsp3) is 0.100. The Morgan fingerprint density at radius 2 is 1.83 bits per heavy atom. The summed E-state index contributed by atoms with van der Waals surface area (Å²) in [6, 6.07) is 10.7. The van der Waals surface area contributed by atoms with Crippen LogP contribution in [0.3, 0.4) is 0 Å². The van der Waals surface area contributed by atoms with E-state index in [1.807, 2.05) is 12.1 Å². The van der Waals surface area contributed by atoms with Gasteiger partial charge in [-0.1, -0.05) is 27.3 Å². The van der Waals surface area contributed by atoms with Gasteiger partial charge in [0.05, 0.1) is 19.8 Å². The Hall–Kier alpha value is -3.24. The molecule has 2 aromatic heterocycles. The van der Waals surface area contributed by atoms with Crippen LogP contribution in [0.25, 0.3) is 21.9 Å². The minimum Gasteiger partial charge on any atom is -0.493 e. The SMILES string of the molecule is COc1ccc(-c2nnc3sc(=C4C(=O)Nc5ccc(Br)cc54)c(=O)n23)cc1OC. The van der Waals surface area contributed by atoms with Crippen LogP contribution in [0, 0.1) is 0 Å². The van der Waals surface area contributed by atoms with E-state index in [1.54, 1.807) is 31.4 Å². The van der Waals surface area contributed by atoms with Crippen LogP contribution < -0.4 is 24.9 Å². The summed E-state index contributed by atoms with van der Waals surface area (Å²) < 4.78 is 13.2. The Labute approximate surface area is 181 Å².